The minimum atomic E-state index is -0.965. The van der Waals surface area contributed by atoms with Crippen LogP contribution in [0.4, 0.5) is 0 Å². The molecule has 0 heterocycles. The van der Waals surface area contributed by atoms with Gasteiger partial charge in [-0.15, -0.1) is 0 Å². The second-order valence-electron chi connectivity index (χ2n) is 3.64. The minimum absolute atomic E-state index is 0. The first-order chi connectivity index (χ1) is 4.76. The molecule has 3 N–H and O–H groups in total. The highest BCUT2D eigenvalue weighted by atomic mass is 16.4. The maximum atomic E-state index is 10.6. The molecular formula is C7H17NO4. The number of quaternary nitrogens is 1. The third-order valence-corrected chi connectivity index (χ3v) is 1.54. The molecule has 0 aromatic rings. The summed E-state index contributed by atoms with van der Waals surface area (Å²) in [5.74, 6) is -0.965. The zero-order chi connectivity index (χ0) is 9.23. The van der Waals surface area contributed by atoms with Gasteiger partial charge in [-0.2, -0.15) is 0 Å². The normalized spacial score (nSPS) is 16.1. The van der Waals surface area contributed by atoms with Crippen LogP contribution < -0.4 is 0 Å². The van der Waals surface area contributed by atoms with E-state index in [0.29, 0.717) is 0 Å². The molecule has 0 saturated carbocycles. The maximum absolute atomic E-state index is 10.6. The molecule has 0 fully saturated rings. The van der Waals surface area contributed by atoms with Gasteiger partial charge in [0.05, 0.1) is 21.1 Å². The van der Waals surface area contributed by atoms with Crippen molar-refractivity contribution in [2.45, 2.75) is 19.1 Å². The average Bonchev–Trinajstić information content (AvgIpc) is 1.54. The van der Waals surface area contributed by atoms with Gasteiger partial charge in [0.25, 0.3) is 0 Å². The quantitative estimate of drug-likeness (QED) is 0.563. The summed E-state index contributed by atoms with van der Waals surface area (Å²) < 4.78 is 0.229. The van der Waals surface area contributed by atoms with E-state index in [2.05, 4.69) is 0 Å². The molecule has 12 heavy (non-hydrogen) atoms. The Morgan fingerprint density at radius 2 is 1.67 bits per heavy atom. The molecule has 0 aromatic carbocycles. The van der Waals surface area contributed by atoms with Crippen molar-refractivity contribution in [3.8, 4) is 0 Å². The highest BCUT2D eigenvalue weighted by Gasteiger charge is 2.35. The monoisotopic (exact) mass is 179 g/mol. The van der Waals surface area contributed by atoms with E-state index < -0.39 is 18.1 Å². The molecule has 0 aliphatic carbocycles. The van der Waals surface area contributed by atoms with Gasteiger partial charge in [-0.25, -0.2) is 4.79 Å². The fourth-order valence-electron chi connectivity index (χ4n) is 1.18. The average molecular weight is 179 g/mol. The van der Waals surface area contributed by atoms with Crippen LogP contribution in [0.2, 0.25) is 0 Å². The highest BCUT2D eigenvalue weighted by molar-refractivity contribution is 5.72. The van der Waals surface area contributed by atoms with E-state index in [9.17, 15) is 4.79 Å². The van der Waals surface area contributed by atoms with Crippen LogP contribution in [0.5, 0.6) is 0 Å². The van der Waals surface area contributed by atoms with Gasteiger partial charge in [0, 0.05) is 0 Å². The predicted molar refractivity (Wildman–Crippen MR) is 43.1 cm³/mol. The van der Waals surface area contributed by atoms with Crippen LogP contribution in [0.3, 0.4) is 0 Å². The Bertz CT molecular complexity index is 150. The summed E-state index contributed by atoms with van der Waals surface area (Å²) in [5, 5.41) is 17.8. The van der Waals surface area contributed by atoms with Crippen molar-refractivity contribution in [3.63, 3.8) is 0 Å². The number of carboxylic acid groups (broad SMARTS) is 1. The third-order valence-electron chi connectivity index (χ3n) is 1.54. The summed E-state index contributed by atoms with van der Waals surface area (Å²) in [7, 11) is 5.22. The van der Waals surface area contributed by atoms with E-state index in [0.717, 1.165) is 0 Å². The van der Waals surface area contributed by atoms with Gasteiger partial charge >= 0.3 is 5.97 Å². The lowest BCUT2D eigenvalue weighted by Gasteiger charge is -2.32. The first kappa shape index (κ1) is 13.9. The lowest BCUT2D eigenvalue weighted by molar-refractivity contribution is -0.890. The molecule has 5 nitrogen and oxygen atoms in total. The summed E-state index contributed by atoms with van der Waals surface area (Å²) in [6.07, 6.45) is -0.826. The molecule has 0 bridgehead atoms. The lowest BCUT2D eigenvalue weighted by Crippen LogP contribution is -2.55. The predicted octanol–water partition coefficient (Wildman–Crippen LogP) is -0.650. The molecular weight excluding hydrogens is 162 g/mol. The molecule has 2 atom stereocenters. The van der Waals surface area contributed by atoms with Gasteiger partial charge in [-0.1, -0.05) is 0 Å². The van der Waals surface area contributed by atoms with E-state index in [1.54, 1.807) is 21.1 Å². The Balaban J connectivity index is 0. The second-order valence-corrected chi connectivity index (χ2v) is 3.64. The molecule has 0 aliphatic heterocycles. The molecule has 0 rings (SSSR count). The number of hydrogen-bond acceptors (Lipinski definition) is 3. The topological polar surface area (TPSA) is 87.5 Å². The Hall–Kier alpha value is -0.650. The minimum Gasteiger partial charge on any atom is -0.870 e. The number of nitrogens with zero attached hydrogens (tertiary/aromatic N) is 1. The molecule has 2 unspecified atom stereocenters. The van der Waals surface area contributed by atoms with Crippen molar-refractivity contribution < 1.29 is 25.0 Å². The SMILES string of the molecule is CC(O)C(C(=O)O)[N+](C)(C)C.[OH-]. The largest absolute Gasteiger partial charge is 0.870 e. The van der Waals surface area contributed by atoms with Crippen molar-refractivity contribution >= 4 is 5.97 Å². The molecule has 0 aliphatic rings. The van der Waals surface area contributed by atoms with Gasteiger partial charge < -0.3 is 20.2 Å². The number of aliphatic carboxylic acids is 1. The first-order valence-corrected chi connectivity index (χ1v) is 3.49. The Morgan fingerprint density at radius 3 is 1.67 bits per heavy atom. The van der Waals surface area contributed by atoms with Crippen molar-refractivity contribution in [3.05, 3.63) is 0 Å². The van der Waals surface area contributed by atoms with Crippen LogP contribution in [-0.2, 0) is 4.79 Å². The Kier molecular flexibility index (Phi) is 5.09. The van der Waals surface area contributed by atoms with Gasteiger partial charge in [0.2, 0.25) is 6.04 Å². The van der Waals surface area contributed by atoms with E-state index >= 15 is 0 Å². The van der Waals surface area contributed by atoms with Gasteiger partial charge in [-0.05, 0) is 6.92 Å². The number of hydrogen-bond donors (Lipinski definition) is 2. The van der Waals surface area contributed by atoms with Crippen LogP contribution in [-0.4, -0.2) is 59.4 Å². The number of rotatable bonds is 3. The number of aliphatic hydroxyl groups is 1. The number of aliphatic hydroxyl groups excluding tert-OH is 1. The summed E-state index contributed by atoms with van der Waals surface area (Å²) in [6.45, 7) is 1.49. The summed E-state index contributed by atoms with van der Waals surface area (Å²) >= 11 is 0. The Labute approximate surface area is 72.1 Å². The lowest BCUT2D eigenvalue weighted by atomic mass is 10.1. The Morgan fingerprint density at radius 1 is 1.33 bits per heavy atom. The van der Waals surface area contributed by atoms with Gasteiger partial charge in [-0.3, -0.25) is 0 Å². The summed E-state index contributed by atoms with van der Waals surface area (Å²) in [5.41, 5.74) is 0. The highest BCUT2D eigenvalue weighted by Crippen LogP contribution is 2.07. The van der Waals surface area contributed by atoms with Crippen LogP contribution in [0.1, 0.15) is 6.92 Å². The molecule has 0 saturated heterocycles. The van der Waals surface area contributed by atoms with Crippen LogP contribution in [0.25, 0.3) is 0 Å². The molecule has 0 amide bonds. The van der Waals surface area contributed by atoms with Crippen molar-refractivity contribution in [1.82, 2.24) is 0 Å². The molecule has 5 heteroatoms. The summed E-state index contributed by atoms with van der Waals surface area (Å²) in [4.78, 5) is 10.6. The molecule has 0 radical (unpaired) electrons. The van der Waals surface area contributed by atoms with Gasteiger partial charge in [0.1, 0.15) is 6.10 Å². The second kappa shape index (κ2) is 4.39. The maximum Gasteiger partial charge on any atom is 0.365 e. The van der Waals surface area contributed by atoms with Crippen molar-refractivity contribution in [2.75, 3.05) is 21.1 Å². The van der Waals surface area contributed by atoms with Gasteiger partial charge in [0.15, 0.2) is 0 Å². The smallest absolute Gasteiger partial charge is 0.365 e. The van der Waals surface area contributed by atoms with E-state index in [1.807, 2.05) is 0 Å². The first-order valence-electron chi connectivity index (χ1n) is 3.49. The summed E-state index contributed by atoms with van der Waals surface area (Å²) in [6, 6.07) is -0.755. The molecule has 74 valence electrons. The van der Waals surface area contributed by atoms with E-state index in [-0.39, 0.29) is 9.96 Å². The third kappa shape index (κ3) is 3.66. The van der Waals surface area contributed by atoms with Crippen molar-refractivity contribution in [1.29, 1.82) is 0 Å². The zero-order valence-corrected chi connectivity index (χ0v) is 7.85. The standard InChI is InChI=1S/C7H15NO3.H2O/c1-5(9)6(7(10)11)8(2,3)4;/h5-6,9H,1-4H3;1H2. The fraction of sp³-hybridized carbons (Fsp3) is 0.857. The molecule has 0 spiro atoms. The van der Waals surface area contributed by atoms with Crippen LogP contribution in [0, 0.1) is 0 Å². The number of carboxylic acids is 1. The molecule has 0 aromatic heterocycles. The number of likely N-dealkylation sites (N-methyl/N-ethyl adjacent to an activating group) is 1. The van der Waals surface area contributed by atoms with Crippen LogP contribution >= 0.6 is 0 Å². The number of carbonyl (C=O) groups is 1. The van der Waals surface area contributed by atoms with E-state index in [1.165, 1.54) is 6.92 Å². The fourth-order valence-corrected chi connectivity index (χ4v) is 1.18. The van der Waals surface area contributed by atoms with E-state index in [4.69, 9.17) is 10.2 Å². The zero-order valence-electron chi connectivity index (χ0n) is 7.85. The van der Waals surface area contributed by atoms with Crippen LogP contribution in [0.15, 0.2) is 0 Å². The van der Waals surface area contributed by atoms with Crippen molar-refractivity contribution in [2.24, 2.45) is 0 Å².